The Morgan fingerprint density at radius 3 is 2.46 bits per heavy atom. The van der Waals surface area contributed by atoms with Gasteiger partial charge in [0.25, 0.3) is 5.91 Å². The van der Waals surface area contributed by atoms with Crippen molar-refractivity contribution in [2.45, 2.75) is 49.3 Å². The summed E-state index contributed by atoms with van der Waals surface area (Å²) in [6.45, 7) is 6.58. The van der Waals surface area contributed by atoms with Crippen molar-refractivity contribution in [2.24, 2.45) is 11.8 Å². The van der Waals surface area contributed by atoms with Crippen LogP contribution >= 0.6 is 11.8 Å². The fraction of sp³-hybridized carbons (Fsp3) is 0.519. The first-order valence-electron chi connectivity index (χ1n) is 12.3. The van der Waals surface area contributed by atoms with Gasteiger partial charge in [-0.3, -0.25) is 14.4 Å². The van der Waals surface area contributed by atoms with Crippen molar-refractivity contribution in [1.29, 1.82) is 0 Å². The fourth-order valence-corrected chi connectivity index (χ4v) is 8.44. The molecule has 1 aromatic carbocycles. The molecule has 0 aromatic heterocycles. The smallest absolute Gasteiger partial charge is 0.251 e. The van der Waals surface area contributed by atoms with Crippen molar-refractivity contribution in [3.05, 3.63) is 53.6 Å². The van der Waals surface area contributed by atoms with Gasteiger partial charge in [-0.25, -0.2) is 0 Å². The van der Waals surface area contributed by atoms with Crippen molar-refractivity contribution >= 4 is 35.2 Å². The third-order valence-electron chi connectivity index (χ3n) is 8.08. The minimum Gasteiger partial charge on any atom is -0.394 e. The van der Waals surface area contributed by atoms with Crippen LogP contribution in [0.5, 0.6) is 0 Å². The Bertz CT molecular complexity index is 1110. The van der Waals surface area contributed by atoms with Gasteiger partial charge in [-0.05, 0) is 31.4 Å². The van der Waals surface area contributed by atoms with Gasteiger partial charge in [-0.1, -0.05) is 49.4 Å². The molecule has 2 saturated heterocycles. The lowest BCUT2D eigenvalue weighted by atomic mass is 9.78. The maximum Gasteiger partial charge on any atom is 0.251 e. The predicted octanol–water partition coefficient (Wildman–Crippen LogP) is 2.30. The maximum absolute atomic E-state index is 14.5. The molecule has 6 atom stereocenters. The van der Waals surface area contributed by atoms with Gasteiger partial charge in [-0.15, -0.1) is 11.8 Å². The summed E-state index contributed by atoms with van der Waals surface area (Å²) in [6, 6.07) is 4.68. The van der Waals surface area contributed by atoms with Crippen LogP contribution in [0, 0.1) is 25.7 Å². The van der Waals surface area contributed by atoms with Gasteiger partial charge >= 0.3 is 0 Å². The van der Waals surface area contributed by atoms with Crippen LogP contribution in [-0.4, -0.2) is 81.5 Å². The molecule has 1 spiro atoms. The van der Waals surface area contributed by atoms with E-state index in [1.165, 1.54) is 0 Å². The summed E-state index contributed by atoms with van der Waals surface area (Å²) >= 11 is 1.57. The molecule has 0 aliphatic carbocycles. The van der Waals surface area contributed by atoms with E-state index in [2.05, 4.69) is 0 Å². The number of aliphatic hydroxyl groups is 1. The number of rotatable bonds is 4. The lowest BCUT2D eigenvalue weighted by Crippen LogP contribution is -2.56. The van der Waals surface area contributed by atoms with Crippen LogP contribution in [0.4, 0.5) is 5.69 Å². The second kappa shape index (κ2) is 8.82. The van der Waals surface area contributed by atoms with E-state index in [4.69, 9.17) is 0 Å². The van der Waals surface area contributed by atoms with Gasteiger partial charge in [0.2, 0.25) is 11.8 Å². The van der Waals surface area contributed by atoms with Gasteiger partial charge in [0.1, 0.15) is 6.04 Å². The molecule has 1 aromatic rings. The second-order valence-electron chi connectivity index (χ2n) is 10.1. The summed E-state index contributed by atoms with van der Waals surface area (Å²) in [5.41, 5.74) is 2.85. The number of hydrogen-bond donors (Lipinski definition) is 1. The molecule has 0 radical (unpaired) electrons. The molecule has 4 aliphatic rings. The first-order valence-corrected chi connectivity index (χ1v) is 13.2. The van der Waals surface area contributed by atoms with Gasteiger partial charge in [0.05, 0.1) is 29.2 Å². The normalized spacial score (nSPS) is 32.9. The standard InChI is InChI=1S/C27H33N3O4S/c1-5-18(15-31)30-23-26(34)29(22-16(2)9-6-10-17(22)3)14-8-12-27(23)21(25(30)33)20-19(35-27)11-7-13-28(4)24(20)32/h6-12,18-21,23,31H,5,13-15H2,1-4H3/t18-,19+,20-,21-,23?,27-/m0/s1. The lowest BCUT2D eigenvalue weighted by Gasteiger charge is -2.38. The first kappa shape index (κ1) is 24.1. The zero-order valence-electron chi connectivity index (χ0n) is 20.7. The number of hydrogen-bond acceptors (Lipinski definition) is 5. The van der Waals surface area contributed by atoms with E-state index in [-0.39, 0.29) is 29.6 Å². The number of fused-ring (bicyclic) bond motifs is 2. The number of thioether (sulfide) groups is 1. The predicted molar refractivity (Wildman–Crippen MR) is 137 cm³/mol. The summed E-state index contributed by atoms with van der Waals surface area (Å²) in [4.78, 5) is 47.2. The van der Waals surface area contributed by atoms with Gasteiger partial charge in [0.15, 0.2) is 0 Å². The summed E-state index contributed by atoms with van der Waals surface area (Å²) in [5, 5.41) is 10.0. The molecule has 3 amide bonds. The Kier molecular flexibility index (Phi) is 6.08. The Hall–Kier alpha value is -2.58. The van der Waals surface area contributed by atoms with Gasteiger partial charge < -0.3 is 19.8 Å². The Morgan fingerprint density at radius 2 is 1.80 bits per heavy atom. The molecule has 8 heteroatoms. The molecule has 186 valence electrons. The number of amides is 3. The van der Waals surface area contributed by atoms with Crippen molar-refractivity contribution in [3.8, 4) is 0 Å². The van der Waals surface area contributed by atoms with Crippen molar-refractivity contribution in [3.63, 3.8) is 0 Å². The lowest BCUT2D eigenvalue weighted by molar-refractivity contribution is -0.144. The number of likely N-dealkylation sites (tertiary alicyclic amines) is 1. The summed E-state index contributed by atoms with van der Waals surface area (Å²) < 4.78 is -0.865. The third kappa shape index (κ3) is 3.40. The van der Waals surface area contributed by atoms with Crippen molar-refractivity contribution < 1.29 is 19.5 Å². The third-order valence-corrected chi connectivity index (χ3v) is 9.83. The van der Waals surface area contributed by atoms with Crippen LogP contribution in [0.3, 0.4) is 0 Å². The van der Waals surface area contributed by atoms with Gasteiger partial charge in [-0.2, -0.15) is 0 Å². The van der Waals surface area contributed by atoms with E-state index in [0.717, 1.165) is 16.8 Å². The molecule has 1 N–H and O–H groups in total. The fourth-order valence-electron chi connectivity index (χ4n) is 6.44. The topological polar surface area (TPSA) is 81.2 Å². The number of carbonyl (C=O) groups is 3. The molecule has 0 saturated carbocycles. The summed E-state index contributed by atoms with van der Waals surface area (Å²) in [5.74, 6) is -1.60. The van der Waals surface area contributed by atoms with Gasteiger partial charge in [0, 0.05) is 31.1 Å². The number of likely N-dealkylation sites (N-methyl/N-ethyl adjacent to an activating group) is 1. The quantitative estimate of drug-likeness (QED) is 0.649. The van der Waals surface area contributed by atoms with E-state index >= 15 is 0 Å². The van der Waals surface area contributed by atoms with Crippen LogP contribution in [0.15, 0.2) is 42.5 Å². The SMILES string of the molecule is CC[C@@H](CO)N1C(=O)[C@@H]2[C@H]3C(=O)N(C)CC=C[C@H]3S[C@@]23C=CCN(c2c(C)cccc2C)C(=O)C13. The molecule has 5 rings (SSSR count). The van der Waals surface area contributed by atoms with Crippen molar-refractivity contribution in [2.75, 3.05) is 31.6 Å². The van der Waals surface area contributed by atoms with E-state index in [0.29, 0.717) is 19.5 Å². The number of carbonyl (C=O) groups excluding carboxylic acids is 3. The maximum atomic E-state index is 14.5. The zero-order valence-corrected chi connectivity index (χ0v) is 21.5. The van der Waals surface area contributed by atoms with Crippen LogP contribution in [0.2, 0.25) is 0 Å². The molecule has 35 heavy (non-hydrogen) atoms. The van der Waals surface area contributed by atoms with E-state index in [1.807, 2.05) is 63.3 Å². The highest BCUT2D eigenvalue weighted by molar-refractivity contribution is 8.02. The van der Waals surface area contributed by atoms with Crippen LogP contribution < -0.4 is 4.90 Å². The Labute approximate surface area is 210 Å². The summed E-state index contributed by atoms with van der Waals surface area (Å²) in [6.07, 6.45) is 8.56. The Balaban J connectivity index is 1.68. The molecular weight excluding hydrogens is 462 g/mol. The second-order valence-corrected chi connectivity index (χ2v) is 11.6. The average molecular weight is 496 g/mol. The number of benzene rings is 1. The highest BCUT2D eigenvalue weighted by atomic mass is 32.2. The number of aliphatic hydroxyl groups excluding tert-OH is 1. The minimum absolute atomic E-state index is 0.0583. The highest BCUT2D eigenvalue weighted by Crippen LogP contribution is 2.61. The average Bonchev–Trinajstić information content (AvgIpc) is 3.16. The molecule has 2 fully saturated rings. The van der Waals surface area contributed by atoms with E-state index < -0.39 is 28.7 Å². The molecule has 4 aliphatic heterocycles. The zero-order chi connectivity index (χ0) is 25.1. The monoisotopic (exact) mass is 495 g/mol. The molecular formula is C27H33N3O4S. The Morgan fingerprint density at radius 1 is 1.09 bits per heavy atom. The number of aryl methyl sites for hydroxylation is 2. The highest BCUT2D eigenvalue weighted by Gasteiger charge is 2.71. The van der Waals surface area contributed by atoms with Crippen molar-refractivity contribution in [1.82, 2.24) is 9.80 Å². The number of anilines is 1. The summed E-state index contributed by atoms with van der Waals surface area (Å²) in [7, 11) is 1.76. The number of para-hydroxylation sites is 1. The van der Waals surface area contributed by atoms with Crippen LogP contribution in [0.25, 0.3) is 0 Å². The molecule has 7 nitrogen and oxygen atoms in total. The number of nitrogens with zero attached hydrogens (tertiary/aromatic N) is 3. The first-order chi connectivity index (χ1) is 16.8. The molecule has 4 heterocycles. The van der Waals surface area contributed by atoms with E-state index in [1.54, 1.807) is 33.5 Å². The van der Waals surface area contributed by atoms with Crippen LogP contribution in [-0.2, 0) is 14.4 Å². The largest absolute Gasteiger partial charge is 0.394 e. The molecule has 1 unspecified atom stereocenters. The molecule has 0 bridgehead atoms. The van der Waals surface area contributed by atoms with Crippen LogP contribution in [0.1, 0.15) is 24.5 Å². The minimum atomic E-state index is -0.865. The van der Waals surface area contributed by atoms with E-state index in [9.17, 15) is 19.5 Å².